The Balaban J connectivity index is 1.36. The molecule has 0 amide bonds. The SMILES string of the molecule is c1ccc(CN(Cc2ccccc2)p2oc3c(C(c4ccccc4)c4ccccc4)cc4ccccc4c3c3c(o2)c(C(c2ccccc2)c2ccccc2)cc2ccccc23)cc1. The molecule has 0 aliphatic carbocycles. The van der Waals surface area contributed by atoms with Crippen LogP contribution in [0.15, 0.2) is 251 Å². The molecule has 0 aliphatic heterocycles. The molecule has 0 fully saturated rings. The van der Waals surface area contributed by atoms with Crippen LogP contribution in [0.25, 0.3) is 43.5 Å². The molecule has 0 unspecified atom stereocenters. The lowest BCUT2D eigenvalue weighted by molar-refractivity contribution is 0.611. The second-order valence-electron chi connectivity index (χ2n) is 16.5. The zero-order valence-corrected chi connectivity index (χ0v) is 36.3. The van der Waals surface area contributed by atoms with Crippen molar-refractivity contribution < 1.29 is 8.39 Å². The molecule has 3 nitrogen and oxygen atoms in total. The van der Waals surface area contributed by atoms with Crippen LogP contribution >= 0.6 is 8.16 Å². The van der Waals surface area contributed by atoms with Crippen molar-refractivity contribution in [3.05, 3.63) is 287 Å². The minimum atomic E-state index is -1.82. The lowest BCUT2D eigenvalue weighted by Gasteiger charge is -2.22. The summed E-state index contributed by atoms with van der Waals surface area (Å²) < 4.78 is 18.2. The molecule has 0 aliphatic rings. The van der Waals surface area contributed by atoms with Gasteiger partial charge in [-0.05, 0) is 67.1 Å². The molecule has 1 aromatic heterocycles. The topological polar surface area (TPSA) is 29.5 Å². The van der Waals surface area contributed by atoms with E-state index in [1.54, 1.807) is 0 Å². The van der Waals surface area contributed by atoms with E-state index in [9.17, 15) is 0 Å². The number of nitrogens with zero attached hydrogens (tertiary/aromatic N) is 1. The van der Waals surface area contributed by atoms with Gasteiger partial charge in [0.25, 0.3) is 0 Å². The van der Waals surface area contributed by atoms with Crippen LogP contribution in [0, 0.1) is 0 Å². The van der Waals surface area contributed by atoms with E-state index in [1.807, 2.05) is 0 Å². The predicted octanol–water partition coefficient (Wildman–Crippen LogP) is 16.3. The summed E-state index contributed by atoms with van der Waals surface area (Å²) in [5.74, 6) is -0.265. The Hall–Kier alpha value is -7.42. The van der Waals surface area contributed by atoms with Gasteiger partial charge < -0.3 is 8.39 Å². The molecule has 0 bridgehead atoms. The van der Waals surface area contributed by atoms with Crippen LogP contribution in [-0.2, 0) is 13.1 Å². The van der Waals surface area contributed by atoms with Crippen molar-refractivity contribution in [1.29, 1.82) is 0 Å². The van der Waals surface area contributed by atoms with E-state index in [0.29, 0.717) is 13.1 Å². The number of hydrogen-bond donors (Lipinski definition) is 0. The normalized spacial score (nSPS) is 11.7. The Labute approximate surface area is 375 Å². The smallest absolute Gasteiger partial charge is 0.310 e. The molecule has 64 heavy (non-hydrogen) atoms. The Morgan fingerprint density at radius 2 is 0.641 bits per heavy atom. The van der Waals surface area contributed by atoms with Crippen molar-refractivity contribution >= 4 is 51.6 Å². The minimum absolute atomic E-state index is 0.133. The summed E-state index contributed by atoms with van der Waals surface area (Å²) in [4.78, 5) is 0. The summed E-state index contributed by atoms with van der Waals surface area (Å²) in [6.45, 7) is 1.25. The van der Waals surface area contributed by atoms with Gasteiger partial charge in [-0.25, -0.2) is 0 Å². The fourth-order valence-electron chi connectivity index (χ4n) is 9.56. The average molecular weight is 844 g/mol. The first-order valence-corrected chi connectivity index (χ1v) is 23.2. The van der Waals surface area contributed by atoms with E-state index in [2.05, 4.69) is 247 Å². The largest absolute Gasteiger partial charge is 0.407 e. The maximum atomic E-state index is 7.87. The number of rotatable bonds is 11. The molecular weight excluding hydrogens is 798 g/mol. The molecule has 0 atom stereocenters. The van der Waals surface area contributed by atoms with Gasteiger partial charge in [0.1, 0.15) is 11.2 Å². The van der Waals surface area contributed by atoms with Crippen LogP contribution in [0.4, 0.5) is 0 Å². The lowest BCUT2D eigenvalue weighted by atomic mass is 9.81. The quantitative estimate of drug-likeness (QED) is 0.122. The first kappa shape index (κ1) is 39.4. The Morgan fingerprint density at radius 3 is 0.984 bits per heavy atom. The average Bonchev–Trinajstić information content (AvgIpc) is 3.55. The Bertz CT molecular complexity index is 3070. The monoisotopic (exact) mass is 843 g/mol. The summed E-state index contributed by atoms with van der Waals surface area (Å²) in [5, 5.41) is 6.66. The maximum Gasteiger partial charge on any atom is 0.310 e. The molecule has 0 saturated heterocycles. The van der Waals surface area contributed by atoms with Gasteiger partial charge in [-0.3, -0.25) is 0 Å². The van der Waals surface area contributed by atoms with Gasteiger partial charge >= 0.3 is 8.16 Å². The highest BCUT2D eigenvalue weighted by Crippen LogP contribution is 2.50. The highest BCUT2D eigenvalue weighted by atomic mass is 31.1. The van der Waals surface area contributed by atoms with Crippen molar-refractivity contribution in [3.63, 3.8) is 0 Å². The molecule has 0 N–H and O–H groups in total. The zero-order chi connectivity index (χ0) is 42.7. The Morgan fingerprint density at radius 1 is 0.344 bits per heavy atom. The minimum Gasteiger partial charge on any atom is -0.407 e. The van der Waals surface area contributed by atoms with Crippen LogP contribution in [0.1, 0.15) is 56.3 Å². The fourth-order valence-corrected chi connectivity index (χ4v) is 11.1. The zero-order valence-electron chi connectivity index (χ0n) is 35.4. The van der Waals surface area contributed by atoms with Crippen LogP contribution < -0.4 is 4.67 Å². The first-order chi connectivity index (χ1) is 31.8. The van der Waals surface area contributed by atoms with Crippen molar-refractivity contribution in [2.24, 2.45) is 0 Å². The van der Waals surface area contributed by atoms with Gasteiger partial charge in [0, 0.05) is 46.8 Å². The molecule has 11 rings (SSSR count). The van der Waals surface area contributed by atoms with Gasteiger partial charge in [-0.2, -0.15) is 4.67 Å². The molecule has 0 saturated carbocycles. The van der Waals surface area contributed by atoms with Crippen molar-refractivity contribution in [3.8, 4) is 0 Å². The number of benzene rings is 10. The third-order valence-corrected chi connectivity index (χ3v) is 13.9. The van der Waals surface area contributed by atoms with E-state index in [-0.39, 0.29) is 11.8 Å². The van der Waals surface area contributed by atoms with Gasteiger partial charge in [0.2, 0.25) is 0 Å². The van der Waals surface area contributed by atoms with Gasteiger partial charge in [0.15, 0.2) is 0 Å². The van der Waals surface area contributed by atoms with Gasteiger partial charge in [0.05, 0.1) is 0 Å². The first-order valence-electron chi connectivity index (χ1n) is 22.1. The highest BCUT2D eigenvalue weighted by molar-refractivity contribution is 7.38. The molecule has 1 heterocycles. The molecule has 0 spiro atoms. The number of hydrogen-bond acceptors (Lipinski definition) is 3. The maximum absolute atomic E-state index is 7.87. The Kier molecular flexibility index (Phi) is 10.9. The second kappa shape index (κ2) is 17.8. The third-order valence-electron chi connectivity index (χ3n) is 12.4. The van der Waals surface area contributed by atoms with Crippen LogP contribution in [0.2, 0.25) is 0 Å². The van der Waals surface area contributed by atoms with E-state index >= 15 is 0 Å². The summed E-state index contributed by atoms with van der Waals surface area (Å²) in [6, 6.07) is 87.3. The molecule has 11 aromatic rings. The van der Waals surface area contributed by atoms with Gasteiger partial charge in [-0.15, -0.1) is 0 Å². The standard InChI is InChI=1S/C60H46NO2P/c1-7-23-43(24-8-1)41-61(42-44-25-9-2-10-26-44)64-62-59-53(55(45-27-11-3-12-28-45)46-29-13-4-14-30-46)39-49-35-19-21-37-51(49)57(59)58-52-38-22-20-36-50(52)40-54(60(58)63-64)56(47-31-15-5-16-32-47)48-33-17-6-18-34-48/h1-40,55-56H,41-42H2. The highest BCUT2D eigenvalue weighted by Gasteiger charge is 2.29. The molecule has 0 radical (unpaired) electrons. The van der Waals surface area contributed by atoms with Crippen molar-refractivity contribution in [2.45, 2.75) is 24.9 Å². The molecule has 308 valence electrons. The van der Waals surface area contributed by atoms with E-state index in [0.717, 1.165) is 54.6 Å². The van der Waals surface area contributed by atoms with Crippen LogP contribution in [-0.4, -0.2) is 0 Å². The summed E-state index contributed by atoms with van der Waals surface area (Å²) in [7, 11) is -1.82. The van der Waals surface area contributed by atoms with Crippen molar-refractivity contribution in [1.82, 2.24) is 0 Å². The van der Waals surface area contributed by atoms with Crippen LogP contribution in [0.3, 0.4) is 0 Å². The summed E-state index contributed by atoms with van der Waals surface area (Å²) >= 11 is 0. The third kappa shape index (κ3) is 7.71. The van der Waals surface area contributed by atoms with E-state index in [1.165, 1.54) is 33.4 Å². The van der Waals surface area contributed by atoms with E-state index < -0.39 is 8.16 Å². The fraction of sp³-hybridized carbons (Fsp3) is 0.0667. The molecular formula is C60H46NO2P. The number of fused-ring (bicyclic) bond motifs is 7. The summed E-state index contributed by atoms with van der Waals surface area (Å²) in [6.07, 6.45) is 0. The summed E-state index contributed by atoms with van der Waals surface area (Å²) in [5.41, 5.74) is 11.1. The van der Waals surface area contributed by atoms with Crippen LogP contribution in [0.5, 0.6) is 0 Å². The van der Waals surface area contributed by atoms with Crippen molar-refractivity contribution in [2.75, 3.05) is 4.67 Å². The predicted molar refractivity (Wildman–Crippen MR) is 268 cm³/mol. The lowest BCUT2D eigenvalue weighted by Crippen LogP contribution is -2.18. The van der Waals surface area contributed by atoms with Gasteiger partial charge in [-0.1, -0.05) is 231 Å². The molecule has 10 aromatic carbocycles. The molecule has 4 heteroatoms. The second-order valence-corrected chi connectivity index (χ2v) is 17.9. The van der Waals surface area contributed by atoms with E-state index in [4.69, 9.17) is 8.39 Å².